The molecule has 0 spiro atoms. The van der Waals surface area contributed by atoms with Gasteiger partial charge in [0, 0.05) is 0 Å². The van der Waals surface area contributed by atoms with Gasteiger partial charge in [0.1, 0.15) is 0 Å². The van der Waals surface area contributed by atoms with E-state index >= 15 is 0 Å². The van der Waals surface area contributed by atoms with Crippen molar-refractivity contribution in [1.29, 1.82) is 0 Å². The Morgan fingerprint density at radius 1 is 1.36 bits per heavy atom. The number of hydrogen-bond acceptors (Lipinski definition) is 0. The maximum atomic E-state index is 3.70. The summed E-state index contributed by atoms with van der Waals surface area (Å²) in [7, 11) is 0. The first kappa shape index (κ1) is 10.5. The van der Waals surface area contributed by atoms with Gasteiger partial charge in [0.05, 0.1) is 0 Å². The van der Waals surface area contributed by atoms with E-state index in [1.807, 2.05) is 6.08 Å². The van der Waals surface area contributed by atoms with E-state index in [9.17, 15) is 0 Å². The monoisotopic (exact) mass is 152 g/mol. The molecule has 0 atom stereocenters. The Morgan fingerprint density at radius 3 is 2.64 bits per heavy atom. The summed E-state index contributed by atoms with van der Waals surface area (Å²) in [5.74, 6) is 0. The van der Waals surface area contributed by atoms with E-state index < -0.39 is 0 Å². The zero-order valence-electron chi connectivity index (χ0n) is 7.90. The first-order valence-electron chi connectivity index (χ1n) is 4.57. The topological polar surface area (TPSA) is 0 Å². The molecule has 0 nitrogen and oxygen atoms in total. The van der Waals surface area contributed by atoms with Crippen LogP contribution in [0.4, 0.5) is 0 Å². The molecule has 0 rings (SSSR count). The lowest BCUT2D eigenvalue weighted by Crippen LogP contribution is -1.77. The van der Waals surface area contributed by atoms with Gasteiger partial charge in [-0.1, -0.05) is 31.1 Å². The van der Waals surface area contributed by atoms with Crippen molar-refractivity contribution in [2.75, 3.05) is 0 Å². The molecular weight excluding hydrogens is 132 g/mol. The van der Waals surface area contributed by atoms with Crippen molar-refractivity contribution in [3.8, 4) is 0 Å². The Hall–Kier alpha value is -0.520. The molecule has 0 fully saturated rings. The highest BCUT2D eigenvalue weighted by atomic mass is 13.9. The van der Waals surface area contributed by atoms with Crippen LogP contribution in [0.15, 0.2) is 24.3 Å². The van der Waals surface area contributed by atoms with Gasteiger partial charge in [-0.3, -0.25) is 0 Å². The van der Waals surface area contributed by atoms with Crippen LogP contribution in [0, 0.1) is 0 Å². The SMILES string of the molecule is C=CCCC/C(C)=C/CCC. The summed E-state index contributed by atoms with van der Waals surface area (Å²) in [5, 5.41) is 0. The Balaban J connectivity index is 3.34. The molecule has 0 bridgehead atoms. The lowest BCUT2D eigenvalue weighted by Gasteiger charge is -1.97. The Kier molecular flexibility index (Phi) is 7.23. The molecule has 11 heavy (non-hydrogen) atoms. The van der Waals surface area contributed by atoms with Gasteiger partial charge in [0.2, 0.25) is 0 Å². The number of rotatable bonds is 6. The van der Waals surface area contributed by atoms with E-state index in [0.717, 1.165) is 6.42 Å². The van der Waals surface area contributed by atoms with Crippen LogP contribution in [-0.2, 0) is 0 Å². The number of allylic oxidation sites excluding steroid dienone is 3. The fourth-order valence-electron chi connectivity index (χ4n) is 1.02. The van der Waals surface area contributed by atoms with E-state index in [1.54, 1.807) is 0 Å². The minimum absolute atomic E-state index is 1.15. The van der Waals surface area contributed by atoms with Gasteiger partial charge in [-0.25, -0.2) is 0 Å². The Bertz CT molecular complexity index is 120. The second kappa shape index (κ2) is 7.59. The maximum absolute atomic E-state index is 3.70. The van der Waals surface area contributed by atoms with E-state index in [2.05, 4.69) is 26.5 Å². The quantitative estimate of drug-likeness (QED) is 0.397. The van der Waals surface area contributed by atoms with E-state index in [0.29, 0.717) is 0 Å². The van der Waals surface area contributed by atoms with Crippen molar-refractivity contribution in [3.63, 3.8) is 0 Å². The summed E-state index contributed by atoms with van der Waals surface area (Å²) in [5.41, 5.74) is 1.54. The lowest BCUT2D eigenvalue weighted by molar-refractivity contribution is 0.821. The molecule has 0 aromatic heterocycles. The van der Waals surface area contributed by atoms with Crippen LogP contribution in [0.25, 0.3) is 0 Å². The van der Waals surface area contributed by atoms with Crippen LogP contribution in [0.2, 0.25) is 0 Å². The molecule has 0 aromatic rings. The molecule has 0 aliphatic rings. The minimum atomic E-state index is 1.15. The summed E-state index contributed by atoms with van der Waals surface area (Å²) in [4.78, 5) is 0. The first-order chi connectivity index (χ1) is 5.31. The van der Waals surface area contributed by atoms with Crippen LogP contribution in [0.1, 0.15) is 46.0 Å². The third kappa shape index (κ3) is 7.38. The molecule has 0 aliphatic heterocycles. The van der Waals surface area contributed by atoms with Gasteiger partial charge in [0.15, 0.2) is 0 Å². The molecule has 0 heteroatoms. The average Bonchev–Trinajstić information content (AvgIpc) is 2.01. The van der Waals surface area contributed by atoms with Crippen molar-refractivity contribution in [3.05, 3.63) is 24.3 Å². The molecule has 0 radical (unpaired) electrons. The molecule has 0 amide bonds. The molecule has 0 saturated heterocycles. The van der Waals surface area contributed by atoms with Crippen molar-refractivity contribution in [2.45, 2.75) is 46.0 Å². The smallest absolute Gasteiger partial charge is 0.0320 e. The van der Waals surface area contributed by atoms with E-state index in [-0.39, 0.29) is 0 Å². The fraction of sp³-hybridized carbons (Fsp3) is 0.636. The second-order valence-electron chi connectivity index (χ2n) is 3.02. The van der Waals surface area contributed by atoms with Crippen LogP contribution < -0.4 is 0 Å². The minimum Gasteiger partial charge on any atom is -0.103 e. The van der Waals surface area contributed by atoms with E-state index in [4.69, 9.17) is 0 Å². The van der Waals surface area contributed by atoms with Crippen LogP contribution >= 0.6 is 0 Å². The second-order valence-corrected chi connectivity index (χ2v) is 3.02. The van der Waals surface area contributed by atoms with Crippen molar-refractivity contribution in [2.24, 2.45) is 0 Å². The fourth-order valence-corrected chi connectivity index (χ4v) is 1.02. The van der Waals surface area contributed by atoms with Crippen LogP contribution in [0.3, 0.4) is 0 Å². The Labute approximate surface area is 71.0 Å². The van der Waals surface area contributed by atoms with Gasteiger partial charge >= 0.3 is 0 Å². The number of hydrogen-bond donors (Lipinski definition) is 0. The molecule has 0 unspecified atom stereocenters. The highest BCUT2D eigenvalue weighted by Crippen LogP contribution is 2.08. The molecule has 0 saturated carbocycles. The summed E-state index contributed by atoms with van der Waals surface area (Å²) in [6.45, 7) is 8.14. The first-order valence-corrected chi connectivity index (χ1v) is 4.57. The summed E-state index contributed by atoms with van der Waals surface area (Å²) in [6, 6.07) is 0. The van der Waals surface area contributed by atoms with Gasteiger partial charge in [-0.05, 0) is 32.6 Å². The van der Waals surface area contributed by atoms with Gasteiger partial charge in [-0.15, -0.1) is 6.58 Å². The largest absolute Gasteiger partial charge is 0.103 e. The molecule has 0 aromatic carbocycles. The van der Waals surface area contributed by atoms with Gasteiger partial charge in [-0.2, -0.15) is 0 Å². The van der Waals surface area contributed by atoms with Crippen molar-refractivity contribution in [1.82, 2.24) is 0 Å². The highest BCUT2D eigenvalue weighted by molar-refractivity contribution is 4.97. The highest BCUT2D eigenvalue weighted by Gasteiger charge is 1.87. The molecule has 0 N–H and O–H groups in total. The normalized spacial score (nSPS) is 11.6. The van der Waals surface area contributed by atoms with Gasteiger partial charge in [0.25, 0.3) is 0 Å². The summed E-state index contributed by atoms with van der Waals surface area (Å²) >= 11 is 0. The number of unbranched alkanes of at least 4 members (excludes halogenated alkanes) is 2. The lowest BCUT2D eigenvalue weighted by atomic mass is 10.1. The Morgan fingerprint density at radius 2 is 2.09 bits per heavy atom. The predicted molar refractivity (Wildman–Crippen MR) is 52.7 cm³/mol. The third-order valence-corrected chi connectivity index (χ3v) is 1.76. The maximum Gasteiger partial charge on any atom is -0.0320 e. The third-order valence-electron chi connectivity index (χ3n) is 1.76. The molecule has 0 heterocycles. The zero-order chi connectivity index (χ0) is 8.53. The zero-order valence-corrected chi connectivity index (χ0v) is 7.90. The van der Waals surface area contributed by atoms with Gasteiger partial charge < -0.3 is 0 Å². The van der Waals surface area contributed by atoms with Crippen LogP contribution in [-0.4, -0.2) is 0 Å². The predicted octanol–water partition coefficient (Wildman–Crippen LogP) is 4.09. The summed E-state index contributed by atoms with van der Waals surface area (Å²) in [6.07, 6.45) is 10.5. The van der Waals surface area contributed by atoms with Crippen molar-refractivity contribution >= 4 is 0 Å². The summed E-state index contributed by atoms with van der Waals surface area (Å²) < 4.78 is 0. The molecular formula is C11H20. The van der Waals surface area contributed by atoms with Crippen molar-refractivity contribution < 1.29 is 0 Å². The van der Waals surface area contributed by atoms with E-state index in [1.165, 1.54) is 31.3 Å². The molecule has 64 valence electrons. The van der Waals surface area contributed by atoms with Crippen LogP contribution in [0.5, 0.6) is 0 Å². The molecule has 0 aliphatic carbocycles. The average molecular weight is 152 g/mol. The standard InChI is InChI=1S/C11H20/c1-4-6-8-10-11(3)9-7-5-2/h4,9H,1,5-8,10H2,2-3H3/b11-9+.